The Kier molecular flexibility index (Phi) is 4.92. The predicted octanol–water partition coefficient (Wildman–Crippen LogP) is 1.16. The van der Waals surface area contributed by atoms with Crippen molar-refractivity contribution in [1.82, 2.24) is 10.3 Å². The van der Waals surface area contributed by atoms with Gasteiger partial charge in [-0.15, -0.1) is 0 Å². The number of carbonyl (C=O) groups excluding carboxylic acids is 2. The molecule has 0 saturated heterocycles. The fraction of sp³-hybridized carbons (Fsp3) is 0.214. The number of oxazole rings is 1. The molecule has 2 rings (SSSR count). The highest BCUT2D eigenvalue weighted by Gasteiger charge is 2.13. The molecule has 7 nitrogen and oxygen atoms in total. The topological polar surface area (TPSA) is 90.7 Å². The number of rotatable bonds is 6. The zero-order chi connectivity index (χ0) is 15.1. The maximum Gasteiger partial charge on any atom is 0.325 e. The Hall–Kier alpha value is -2.83. The van der Waals surface area contributed by atoms with Crippen LogP contribution < -0.4 is 10.1 Å². The van der Waals surface area contributed by atoms with Crippen LogP contribution in [0.5, 0.6) is 5.75 Å². The van der Waals surface area contributed by atoms with Crippen LogP contribution in [0.3, 0.4) is 0 Å². The summed E-state index contributed by atoms with van der Waals surface area (Å²) >= 11 is 0. The van der Waals surface area contributed by atoms with Crippen LogP contribution in [-0.2, 0) is 16.1 Å². The summed E-state index contributed by atoms with van der Waals surface area (Å²) < 4.78 is 15.0. The quantitative estimate of drug-likeness (QED) is 0.803. The number of hydrogen-bond donors (Lipinski definition) is 1. The molecule has 1 aromatic heterocycles. The lowest BCUT2D eigenvalue weighted by molar-refractivity contribution is -0.139. The molecular weight excluding hydrogens is 276 g/mol. The summed E-state index contributed by atoms with van der Waals surface area (Å²) in [5.41, 5.74) is 0.0746. The second-order valence-electron chi connectivity index (χ2n) is 3.99. The third-order valence-electron chi connectivity index (χ3n) is 2.51. The van der Waals surface area contributed by atoms with Crippen molar-refractivity contribution in [3.8, 4) is 5.75 Å². The fourth-order valence-electron chi connectivity index (χ4n) is 1.46. The van der Waals surface area contributed by atoms with Crippen molar-refractivity contribution in [2.75, 3.05) is 13.7 Å². The molecule has 1 heterocycles. The summed E-state index contributed by atoms with van der Waals surface area (Å²) in [7, 11) is 1.24. The number of ether oxygens (including phenoxy) is 2. The molecule has 21 heavy (non-hydrogen) atoms. The van der Waals surface area contributed by atoms with E-state index in [-0.39, 0.29) is 24.7 Å². The summed E-state index contributed by atoms with van der Waals surface area (Å²) in [5, 5.41) is 2.36. The van der Waals surface area contributed by atoms with Crippen molar-refractivity contribution >= 4 is 11.9 Å². The lowest BCUT2D eigenvalue weighted by atomic mass is 10.3. The maximum absolute atomic E-state index is 11.7. The van der Waals surface area contributed by atoms with Gasteiger partial charge < -0.3 is 19.2 Å². The molecule has 0 bridgehead atoms. The van der Waals surface area contributed by atoms with Crippen molar-refractivity contribution in [2.45, 2.75) is 6.61 Å². The van der Waals surface area contributed by atoms with Gasteiger partial charge in [0.15, 0.2) is 12.3 Å². The van der Waals surface area contributed by atoms with Crippen LogP contribution in [0.25, 0.3) is 0 Å². The van der Waals surface area contributed by atoms with Crippen molar-refractivity contribution in [3.63, 3.8) is 0 Å². The second-order valence-corrected chi connectivity index (χ2v) is 3.99. The van der Waals surface area contributed by atoms with Crippen LogP contribution >= 0.6 is 0 Å². The highest BCUT2D eigenvalue weighted by atomic mass is 16.5. The van der Waals surface area contributed by atoms with Crippen molar-refractivity contribution in [1.29, 1.82) is 0 Å². The number of amides is 1. The molecule has 0 spiro atoms. The van der Waals surface area contributed by atoms with E-state index < -0.39 is 11.9 Å². The Labute approximate surface area is 120 Å². The monoisotopic (exact) mass is 290 g/mol. The van der Waals surface area contributed by atoms with Gasteiger partial charge in [-0.1, -0.05) is 18.2 Å². The first-order valence-corrected chi connectivity index (χ1v) is 6.16. The molecule has 110 valence electrons. The van der Waals surface area contributed by atoms with E-state index >= 15 is 0 Å². The van der Waals surface area contributed by atoms with Gasteiger partial charge in [-0.2, -0.15) is 0 Å². The van der Waals surface area contributed by atoms with E-state index in [1.165, 1.54) is 13.4 Å². The zero-order valence-electron chi connectivity index (χ0n) is 11.4. The Morgan fingerprint density at radius 3 is 2.76 bits per heavy atom. The summed E-state index contributed by atoms with van der Waals surface area (Å²) in [6.45, 7) is -0.119. The first-order chi connectivity index (χ1) is 10.2. The summed E-state index contributed by atoms with van der Waals surface area (Å²) in [6, 6.07) is 9.16. The number of aromatic nitrogens is 1. The first kappa shape index (κ1) is 14.6. The summed E-state index contributed by atoms with van der Waals surface area (Å²) in [6.07, 6.45) is 1.20. The van der Waals surface area contributed by atoms with E-state index in [0.29, 0.717) is 5.75 Å². The SMILES string of the molecule is COC(=O)CNC(=O)c1coc(COc2ccccc2)n1. The van der Waals surface area contributed by atoms with Crippen LogP contribution in [0, 0.1) is 0 Å². The summed E-state index contributed by atoms with van der Waals surface area (Å²) in [5.74, 6) is -0.121. The number of carbonyl (C=O) groups is 2. The van der Waals surface area contributed by atoms with Crippen molar-refractivity contribution < 1.29 is 23.5 Å². The largest absolute Gasteiger partial charge is 0.484 e. The molecule has 0 atom stereocenters. The highest BCUT2D eigenvalue weighted by molar-refractivity contribution is 5.93. The van der Waals surface area contributed by atoms with Crippen molar-refractivity contribution in [2.24, 2.45) is 0 Å². The number of nitrogens with zero attached hydrogens (tertiary/aromatic N) is 1. The third-order valence-corrected chi connectivity index (χ3v) is 2.51. The molecular formula is C14H14N2O5. The predicted molar refractivity (Wildman–Crippen MR) is 71.6 cm³/mol. The van der Waals surface area contributed by atoms with E-state index in [1.54, 1.807) is 12.1 Å². The van der Waals surface area contributed by atoms with Crippen LogP contribution in [0.15, 0.2) is 41.0 Å². The molecule has 0 unspecified atom stereocenters. The van der Waals surface area contributed by atoms with Gasteiger partial charge in [-0.25, -0.2) is 4.98 Å². The number of methoxy groups -OCH3 is 1. The number of hydrogen-bond acceptors (Lipinski definition) is 6. The van der Waals surface area contributed by atoms with Gasteiger partial charge in [0.05, 0.1) is 7.11 Å². The molecule has 0 saturated carbocycles. The molecule has 1 N–H and O–H groups in total. The van der Waals surface area contributed by atoms with Gasteiger partial charge in [0.1, 0.15) is 18.6 Å². The highest BCUT2D eigenvalue weighted by Crippen LogP contribution is 2.11. The fourth-order valence-corrected chi connectivity index (χ4v) is 1.46. The average molecular weight is 290 g/mol. The lowest BCUT2D eigenvalue weighted by Crippen LogP contribution is -2.30. The van der Waals surface area contributed by atoms with Crippen LogP contribution in [0.2, 0.25) is 0 Å². The van der Waals surface area contributed by atoms with Gasteiger partial charge in [0, 0.05) is 0 Å². The van der Waals surface area contributed by atoms with Gasteiger partial charge in [-0.05, 0) is 12.1 Å². The minimum Gasteiger partial charge on any atom is -0.484 e. The van der Waals surface area contributed by atoms with E-state index in [4.69, 9.17) is 9.15 Å². The minimum absolute atomic E-state index is 0.0746. The van der Waals surface area contributed by atoms with Gasteiger partial charge in [0.2, 0.25) is 5.89 Å². The molecule has 7 heteroatoms. The number of benzene rings is 1. The summed E-state index contributed by atoms with van der Waals surface area (Å²) in [4.78, 5) is 26.6. The molecule has 0 aliphatic rings. The van der Waals surface area contributed by atoms with Crippen LogP contribution in [0.1, 0.15) is 16.4 Å². The molecule has 0 aliphatic heterocycles. The standard InChI is InChI=1S/C14H14N2O5/c1-19-13(17)7-15-14(18)11-8-21-12(16-11)9-20-10-5-3-2-4-6-10/h2-6,8H,7,9H2,1H3,(H,15,18). The third kappa shape index (κ3) is 4.34. The number of esters is 1. The molecule has 0 fully saturated rings. The van der Waals surface area contributed by atoms with Crippen molar-refractivity contribution in [3.05, 3.63) is 48.2 Å². The zero-order valence-corrected chi connectivity index (χ0v) is 11.4. The Balaban J connectivity index is 1.86. The number of para-hydroxylation sites is 1. The minimum atomic E-state index is -0.542. The number of nitrogens with one attached hydrogen (secondary N) is 1. The lowest BCUT2D eigenvalue weighted by Gasteiger charge is -2.02. The first-order valence-electron chi connectivity index (χ1n) is 6.16. The normalized spacial score (nSPS) is 9.95. The molecule has 1 aromatic carbocycles. The Bertz CT molecular complexity index is 609. The van der Waals surface area contributed by atoms with Crippen LogP contribution in [-0.4, -0.2) is 30.5 Å². The average Bonchev–Trinajstić information content (AvgIpc) is 3.00. The van der Waals surface area contributed by atoms with Gasteiger partial charge in [0.25, 0.3) is 5.91 Å². The van der Waals surface area contributed by atoms with Crippen LogP contribution in [0.4, 0.5) is 0 Å². The van der Waals surface area contributed by atoms with E-state index in [1.807, 2.05) is 18.2 Å². The smallest absolute Gasteiger partial charge is 0.325 e. The Morgan fingerprint density at radius 1 is 1.29 bits per heavy atom. The molecule has 0 radical (unpaired) electrons. The van der Waals surface area contributed by atoms with E-state index in [2.05, 4.69) is 15.0 Å². The molecule has 1 amide bonds. The molecule has 2 aromatic rings. The van der Waals surface area contributed by atoms with Gasteiger partial charge in [-0.3, -0.25) is 9.59 Å². The second kappa shape index (κ2) is 7.09. The molecule has 0 aliphatic carbocycles. The Morgan fingerprint density at radius 2 is 2.05 bits per heavy atom. The van der Waals surface area contributed by atoms with E-state index in [9.17, 15) is 9.59 Å². The maximum atomic E-state index is 11.7. The van der Waals surface area contributed by atoms with Gasteiger partial charge >= 0.3 is 5.97 Å². The van der Waals surface area contributed by atoms with E-state index in [0.717, 1.165) is 0 Å².